The lowest BCUT2D eigenvalue weighted by atomic mass is 10.0. The quantitative estimate of drug-likeness (QED) is 0.813. The summed E-state index contributed by atoms with van der Waals surface area (Å²) in [5.41, 5.74) is 7.54. The van der Waals surface area contributed by atoms with Crippen LogP contribution in [0.15, 0.2) is 12.1 Å². The molecule has 0 spiro atoms. The van der Waals surface area contributed by atoms with E-state index in [2.05, 4.69) is 6.92 Å². The number of aryl methyl sites for hydroxylation is 2. The van der Waals surface area contributed by atoms with Crippen LogP contribution >= 0.6 is 11.6 Å². The first kappa shape index (κ1) is 17.4. The smallest absolute Gasteiger partial charge is 0.144 e. The number of rotatable bonds is 5. The van der Waals surface area contributed by atoms with Gasteiger partial charge in [0, 0.05) is 6.04 Å². The Morgan fingerprint density at radius 1 is 1.33 bits per heavy atom. The molecule has 1 nitrogen and oxygen atoms in total. The molecular formula is C15H25ClFN. The maximum Gasteiger partial charge on any atom is 0.144 e. The minimum Gasteiger partial charge on any atom is -0.328 e. The van der Waals surface area contributed by atoms with Crippen LogP contribution in [0, 0.1) is 12.7 Å². The Morgan fingerprint density at radius 3 is 2.44 bits per heavy atom. The Hall–Kier alpha value is -0.600. The van der Waals surface area contributed by atoms with Gasteiger partial charge in [-0.05, 0) is 49.8 Å². The van der Waals surface area contributed by atoms with Gasteiger partial charge in [0.2, 0.25) is 0 Å². The van der Waals surface area contributed by atoms with Crippen molar-refractivity contribution >= 4 is 11.6 Å². The number of hydrogen-bond acceptors (Lipinski definition) is 1. The van der Waals surface area contributed by atoms with Crippen molar-refractivity contribution in [1.82, 2.24) is 0 Å². The highest BCUT2D eigenvalue weighted by Gasteiger charge is 2.06. The molecule has 0 unspecified atom stereocenters. The average Bonchev–Trinajstić information content (AvgIpc) is 2.38. The zero-order chi connectivity index (χ0) is 14.1. The van der Waals surface area contributed by atoms with Gasteiger partial charge in [0.25, 0.3) is 0 Å². The van der Waals surface area contributed by atoms with Gasteiger partial charge in [0.1, 0.15) is 5.82 Å². The summed E-state index contributed by atoms with van der Waals surface area (Å²) in [5, 5.41) is 0.217. The molecule has 0 fully saturated rings. The van der Waals surface area contributed by atoms with Crippen LogP contribution in [0.5, 0.6) is 0 Å². The third kappa shape index (κ3) is 5.83. The Balaban J connectivity index is 0.00000137. The molecule has 0 saturated heterocycles. The highest BCUT2D eigenvalue weighted by molar-refractivity contribution is 6.30. The number of nitrogens with two attached hydrogens (primary N) is 1. The number of hydrogen-bond donors (Lipinski definition) is 1. The van der Waals surface area contributed by atoms with E-state index in [4.69, 9.17) is 17.3 Å². The zero-order valence-electron chi connectivity index (χ0n) is 11.9. The van der Waals surface area contributed by atoms with E-state index >= 15 is 0 Å². The summed E-state index contributed by atoms with van der Waals surface area (Å²) in [6, 6.07) is 3.84. The molecule has 104 valence electrons. The molecule has 0 aliphatic heterocycles. The van der Waals surface area contributed by atoms with Crippen LogP contribution in [-0.2, 0) is 6.42 Å². The van der Waals surface area contributed by atoms with Gasteiger partial charge in [0.15, 0.2) is 0 Å². The zero-order valence-corrected chi connectivity index (χ0v) is 12.6. The summed E-state index contributed by atoms with van der Waals surface area (Å²) in [6.07, 6.45) is 3.94. The fraction of sp³-hybridized carbons (Fsp3) is 0.600. The fourth-order valence-corrected chi connectivity index (χ4v) is 2.00. The van der Waals surface area contributed by atoms with Crippen LogP contribution in [0.25, 0.3) is 0 Å². The van der Waals surface area contributed by atoms with Gasteiger partial charge in [-0.25, -0.2) is 4.39 Å². The van der Waals surface area contributed by atoms with Crippen molar-refractivity contribution in [3.63, 3.8) is 0 Å². The second-order valence-electron chi connectivity index (χ2n) is 4.27. The standard InChI is InChI=1S/C13H19ClFN.C2H6/c1-3-11(16)6-4-5-10-7-9(2)13(15)12(14)8-10;1-2/h7-8,11H,3-6,16H2,1-2H3;1-2H3/t11-;/m0./s1. The van der Waals surface area contributed by atoms with Crippen molar-refractivity contribution in [1.29, 1.82) is 0 Å². The van der Waals surface area contributed by atoms with E-state index in [1.54, 1.807) is 13.0 Å². The Labute approximate surface area is 116 Å². The molecule has 0 heterocycles. The molecule has 0 aromatic heterocycles. The van der Waals surface area contributed by atoms with Gasteiger partial charge in [-0.2, -0.15) is 0 Å². The van der Waals surface area contributed by atoms with E-state index < -0.39 is 0 Å². The fourth-order valence-electron chi connectivity index (χ4n) is 1.71. The third-order valence-corrected chi connectivity index (χ3v) is 3.11. The van der Waals surface area contributed by atoms with Crippen molar-refractivity contribution in [2.24, 2.45) is 5.73 Å². The predicted octanol–water partition coefficient (Wildman–Crippen LogP) is 4.87. The van der Waals surface area contributed by atoms with Crippen LogP contribution in [0.2, 0.25) is 5.02 Å². The van der Waals surface area contributed by atoms with Crippen molar-refractivity contribution in [3.05, 3.63) is 34.1 Å². The van der Waals surface area contributed by atoms with Gasteiger partial charge in [-0.15, -0.1) is 0 Å². The summed E-state index contributed by atoms with van der Waals surface area (Å²) in [4.78, 5) is 0. The van der Waals surface area contributed by atoms with Crippen molar-refractivity contribution in [2.45, 2.75) is 59.4 Å². The SMILES string of the molecule is CC.CC[C@H](N)CCCc1cc(C)c(F)c(Cl)c1. The second kappa shape index (κ2) is 9.35. The molecule has 0 aliphatic carbocycles. The first-order chi connectivity index (χ1) is 8.54. The molecule has 2 N–H and O–H groups in total. The monoisotopic (exact) mass is 273 g/mol. The topological polar surface area (TPSA) is 26.0 Å². The minimum atomic E-state index is -0.310. The van der Waals surface area contributed by atoms with E-state index in [1.807, 2.05) is 19.9 Å². The van der Waals surface area contributed by atoms with E-state index in [1.165, 1.54) is 0 Å². The van der Waals surface area contributed by atoms with Crippen molar-refractivity contribution in [3.8, 4) is 0 Å². The summed E-state index contributed by atoms with van der Waals surface area (Å²) >= 11 is 5.79. The van der Waals surface area contributed by atoms with Gasteiger partial charge in [-0.3, -0.25) is 0 Å². The van der Waals surface area contributed by atoms with Gasteiger partial charge in [0.05, 0.1) is 5.02 Å². The van der Waals surface area contributed by atoms with Crippen LogP contribution in [-0.4, -0.2) is 6.04 Å². The molecule has 0 amide bonds. The molecular weight excluding hydrogens is 249 g/mol. The largest absolute Gasteiger partial charge is 0.328 e. The predicted molar refractivity (Wildman–Crippen MR) is 78.7 cm³/mol. The Bertz CT molecular complexity index is 329. The second-order valence-corrected chi connectivity index (χ2v) is 4.68. The van der Waals surface area contributed by atoms with Gasteiger partial charge in [-0.1, -0.05) is 38.4 Å². The lowest BCUT2D eigenvalue weighted by Crippen LogP contribution is -2.18. The van der Waals surface area contributed by atoms with E-state index in [9.17, 15) is 4.39 Å². The van der Waals surface area contributed by atoms with Gasteiger partial charge < -0.3 is 5.73 Å². The maximum absolute atomic E-state index is 13.3. The average molecular weight is 274 g/mol. The maximum atomic E-state index is 13.3. The molecule has 3 heteroatoms. The number of benzene rings is 1. The van der Waals surface area contributed by atoms with E-state index in [-0.39, 0.29) is 16.9 Å². The Morgan fingerprint density at radius 2 is 1.94 bits per heavy atom. The summed E-state index contributed by atoms with van der Waals surface area (Å²) in [6.45, 7) is 7.83. The van der Waals surface area contributed by atoms with Crippen molar-refractivity contribution in [2.75, 3.05) is 0 Å². The molecule has 0 saturated carbocycles. The Kier molecular flexibility index (Phi) is 9.03. The van der Waals surface area contributed by atoms with Crippen LogP contribution in [0.4, 0.5) is 4.39 Å². The van der Waals surface area contributed by atoms with Gasteiger partial charge >= 0.3 is 0 Å². The minimum absolute atomic E-state index is 0.217. The normalized spacial score (nSPS) is 11.7. The molecule has 18 heavy (non-hydrogen) atoms. The van der Waals surface area contributed by atoms with Crippen molar-refractivity contribution < 1.29 is 4.39 Å². The van der Waals surface area contributed by atoms with E-state index in [0.717, 1.165) is 31.2 Å². The molecule has 1 aromatic carbocycles. The molecule has 0 aliphatic rings. The lowest BCUT2D eigenvalue weighted by Gasteiger charge is -2.09. The summed E-state index contributed by atoms with van der Waals surface area (Å²) < 4.78 is 13.3. The van der Waals surface area contributed by atoms with E-state index in [0.29, 0.717) is 5.56 Å². The van der Waals surface area contributed by atoms with Crippen LogP contribution in [0.1, 0.15) is 51.2 Å². The summed E-state index contributed by atoms with van der Waals surface area (Å²) in [7, 11) is 0. The number of halogens is 2. The highest BCUT2D eigenvalue weighted by atomic mass is 35.5. The first-order valence-electron chi connectivity index (χ1n) is 6.74. The third-order valence-electron chi connectivity index (χ3n) is 2.83. The molecule has 0 radical (unpaired) electrons. The highest BCUT2D eigenvalue weighted by Crippen LogP contribution is 2.21. The van der Waals surface area contributed by atoms with Crippen LogP contribution < -0.4 is 5.73 Å². The molecule has 0 bridgehead atoms. The lowest BCUT2D eigenvalue weighted by molar-refractivity contribution is 0.567. The molecule has 1 rings (SSSR count). The van der Waals surface area contributed by atoms with Crippen LogP contribution in [0.3, 0.4) is 0 Å². The first-order valence-corrected chi connectivity index (χ1v) is 7.12. The molecule has 1 aromatic rings. The molecule has 1 atom stereocenters. The summed E-state index contributed by atoms with van der Waals surface area (Å²) in [5.74, 6) is -0.310.